The van der Waals surface area contributed by atoms with Crippen LogP contribution in [0.15, 0.2) is 0 Å². The van der Waals surface area contributed by atoms with Crippen molar-refractivity contribution in [2.75, 3.05) is 0 Å². The van der Waals surface area contributed by atoms with E-state index in [2.05, 4.69) is 0 Å². The summed E-state index contributed by atoms with van der Waals surface area (Å²) in [6.45, 7) is 0. The second kappa shape index (κ2) is 20.7. The number of hydrogen-bond acceptors (Lipinski definition) is 1. The summed E-state index contributed by atoms with van der Waals surface area (Å²) in [6, 6.07) is 0. The zero-order valence-electron chi connectivity index (χ0n) is 2.61. The third kappa shape index (κ3) is 63.7. The van der Waals surface area contributed by atoms with E-state index >= 15 is 0 Å². The van der Waals surface area contributed by atoms with Crippen LogP contribution >= 0.6 is 20.2 Å². The van der Waals surface area contributed by atoms with Gasteiger partial charge in [0.15, 0.2) is 0 Å². The standard InChI is InChI=1S/ClH.3K.Na.H3O4P.4H/c;;;;;1-5(2,3)4;;;;/h1H;;;;;(H3,1,2,3,4);;;;. The summed E-state index contributed by atoms with van der Waals surface area (Å²) >= 11 is 0. The Kier molecular flexibility index (Phi) is 74.4. The normalized spacial score (nSPS) is 5.90. The van der Waals surface area contributed by atoms with Crippen LogP contribution in [-0.2, 0) is 4.57 Å². The molecular weight excluding hydrogens is 271 g/mol. The molecule has 0 bridgehead atoms. The van der Waals surface area contributed by atoms with Gasteiger partial charge in [-0.2, -0.15) is 0 Å². The summed E-state index contributed by atoms with van der Waals surface area (Å²) < 4.78 is 8.88. The molecule has 4 nitrogen and oxygen atoms in total. The van der Waals surface area contributed by atoms with Crippen molar-refractivity contribution in [1.82, 2.24) is 0 Å². The second-order valence-electron chi connectivity index (χ2n) is 0.513. The van der Waals surface area contributed by atoms with E-state index in [0.29, 0.717) is 0 Å². The van der Waals surface area contributed by atoms with Crippen LogP contribution < -0.4 is 0 Å². The Morgan fingerprint density at radius 2 is 0.900 bits per heavy atom. The van der Waals surface area contributed by atoms with E-state index in [1.165, 1.54) is 0 Å². The molecule has 0 spiro atoms. The molecule has 0 heterocycles. The molecule has 0 atom stereocenters. The molecule has 0 unspecified atom stereocenters. The molecule has 0 saturated heterocycles. The van der Waals surface area contributed by atoms with Gasteiger partial charge in [-0.3, -0.25) is 0 Å². The topological polar surface area (TPSA) is 77.8 Å². The average molecular weight is 279 g/mol. The van der Waals surface area contributed by atoms with Crippen molar-refractivity contribution in [3.8, 4) is 0 Å². The number of rotatable bonds is 0. The first-order valence-electron chi connectivity index (χ1n) is 0.783. The third-order valence-corrected chi connectivity index (χ3v) is 0. The van der Waals surface area contributed by atoms with Gasteiger partial charge in [0.05, 0.1) is 0 Å². The van der Waals surface area contributed by atoms with Crippen LogP contribution in [0.5, 0.6) is 0 Å². The molecule has 10 heteroatoms. The van der Waals surface area contributed by atoms with Crippen molar-refractivity contribution < 1.29 is 19.2 Å². The summed E-state index contributed by atoms with van der Waals surface area (Å²) in [5.74, 6) is 0. The Hall–Kier alpha value is 6.31. The first-order valence-corrected chi connectivity index (χ1v) is 2.35. The van der Waals surface area contributed by atoms with E-state index in [1.807, 2.05) is 0 Å². The first-order chi connectivity index (χ1) is 2.00. The van der Waals surface area contributed by atoms with E-state index < -0.39 is 7.82 Å². The van der Waals surface area contributed by atoms with Crippen LogP contribution in [0.25, 0.3) is 0 Å². The van der Waals surface area contributed by atoms with Gasteiger partial charge in [-0.25, -0.2) is 4.57 Å². The van der Waals surface area contributed by atoms with Crippen molar-refractivity contribution >= 4 is 204 Å². The summed E-state index contributed by atoms with van der Waals surface area (Å²) in [5, 5.41) is 0. The fraction of sp³-hybridized carbons (Fsp3) is 0. The molecule has 10 heavy (non-hydrogen) atoms. The van der Waals surface area contributed by atoms with Crippen LogP contribution in [0.2, 0.25) is 0 Å². The molecule has 0 aromatic heterocycles. The molecule has 0 amide bonds. The van der Waals surface area contributed by atoms with Crippen molar-refractivity contribution in [1.29, 1.82) is 0 Å². The predicted molar refractivity (Wildman–Crippen MR) is 50.1 cm³/mol. The predicted octanol–water partition coefficient (Wildman–Crippen LogP) is -3.10. The SMILES string of the molecule is Cl.O=P(O)(O)O.[KH].[KH].[KH].[NaH]. The molecule has 0 aromatic rings. The molecule has 0 aliphatic heterocycles. The molecular formula is H8ClK3NaO4P. The third-order valence-electron chi connectivity index (χ3n) is 0. The van der Waals surface area contributed by atoms with Gasteiger partial charge in [0.1, 0.15) is 0 Å². The van der Waals surface area contributed by atoms with Crippen LogP contribution in [0.1, 0.15) is 0 Å². The zero-order valence-corrected chi connectivity index (χ0v) is 4.32. The van der Waals surface area contributed by atoms with Gasteiger partial charge >= 0.3 is 192 Å². The quantitative estimate of drug-likeness (QED) is 0.324. The summed E-state index contributed by atoms with van der Waals surface area (Å²) in [7, 11) is -4.64. The number of halogens is 1. The Labute approximate surface area is 216 Å². The molecule has 48 valence electrons. The molecule has 0 aromatic carbocycles. The van der Waals surface area contributed by atoms with E-state index in [4.69, 9.17) is 19.2 Å². The first kappa shape index (κ1) is 36.0. The van der Waals surface area contributed by atoms with Gasteiger partial charge in [0.25, 0.3) is 0 Å². The van der Waals surface area contributed by atoms with Crippen molar-refractivity contribution in [2.24, 2.45) is 0 Å². The van der Waals surface area contributed by atoms with Crippen LogP contribution in [-0.4, -0.2) is 198 Å². The van der Waals surface area contributed by atoms with Crippen molar-refractivity contribution in [2.45, 2.75) is 0 Å². The van der Waals surface area contributed by atoms with E-state index in [0.717, 1.165) is 0 Å². The maximum atomic E-state index is 8.88. The minimum absolute atomic E-state index is 0. The number of hydrogen-bond donors (Lipinski definition) is 3. The number of phosphoric acid groups is 1. The molecule has 0 fully saturated rings. The van der Waals surface area contributed by atoms with Gasteiger partial charge in [-0.05, 0) is 0 Å². The van der Waals surface area contributed by atoms with E-state index in [-0.39, 0.29) is 196 Å². The Morgan fingerprint density at radius 1 is 0.900 bits per heavy atom. The summed E-state index contributed by atoms with van der Waals surface area (Å²) in [6.07, 6.45) is 0. The van der Waals surface area contributed by atoms with E-state index in [1.54, 1.807) is 0 Å². The molecule has 0 radical (unpaired) electrons. The fourth-order valence-corrected chi connectivity index (χ4v) is 0. The Bertz CT molecular complexity index is 66.6. The zero-order chi connectivity index (χ0) is 4.50. The molecule has 0 rings (SSSR count). The fourth-order valence-electron chi connectivity index (χ4n) is 0. The van der Waals surface area contributed by atoms with Gasteiger partial charge < -0.3 is 14.7 Å². The molecule has 0 aliphatic carbocycles. The van der Waals surface area contributed by atoms with Gasteiger partial charge in [-0.1, -0.05) is 0 Å². The maximum absolute atomic E-state index is 8.88. The van der Waals surface area contributed by atoms with Crippen molar-refractivity contribution in [3.05, 3.63) is 0 Å². The summed E-state index contributed by atoms with van der Waals surface area (Å²) in [4.78, 5) is 21.6. The minimum atomic E-state index is -4.64. The van der Waals surface area contributed by atoms with E-state index in [9.17, 15) is 0 Å². The Morgan fingerprint density at radius 3 is 0.900 bits per heavy atom. The Balaban J connectivity index is -0.00000000800. The van der Waals surface area contributed by atoms with Gasteiger partial charge in [-0.15, -0.1) is 12.4 Å². The molecule has 3 N–H and O–H groups in total. The monoisotopic (exact) mass is 278 g/mol. The second-order valence-corrected chi connectivity index (χ2v) is 1.54. The van der Waals surface area contributed by atoms with Crippen LogP contribution in [0, 0.1) is 0 Å². The van der Waals surface area contributed by atoms with Gasteiger partial charge in [0, 0.05) is 0 Å². The van der Waals surface area contributed by atoms with Crippen molar-refractivity contribution in [3.63, 3.8) is 0 Å². The van der Waals surface area contributed by atoms with Crippen LogP contribution in [0.4, 0.5) is 0 Å². The molecule has 0 aliphatic rings. The van der Waals surface area contributed by atoms with Crippen LogP contribution in [0.3, 0.4) is 0 Å². The molecule has 0 saturated carbocycles. The average Bonchev–Trinajstić information content (AvgIpc) is 0.722. The summed E-state index contributed by atoms with van der Waals surface area (Å²) in [5.41, 5.74) is 0. The van der Waals surface area contributed by atoms with Gasteiger partial charge in [0.2, 0.25) is 0 Å².